The van der Waals surface area contributed by atoms with Crippen LogP contribution >= 0.6 is 11.6 Å². The maximum Gasteiger partial charge on any atom is 0.412 e. The van der Waals surface area contributed by atoms with Crippen molar-refractivity contribution in [2.75, 3.05) is 52.2 Å². The number of carbonyl (C=O) groups is 3. The molecule has 11 nitrogen and oxygen atoms in total. The second-order valence-corrected chi connectivity index (χ2v) is 10.8. The molecule has 0 unspecified atom stereocenters. The van der Waals surface area contributed by atoms with Crippen molar-refractivity contribution in [3.05, 3.63) is 71.0 Å². The van der Waals surface area contributed by atoms with Gasteiger partial charge in [0.2, 0.25) is 5.91 Å². The van der Waals surface area contributed by atoms with Gasteiger partial charge < -0.3 is 29.3 Å². The van der Waals surface area contributed by atoms with Crippen LogP contribution in [-0.4, -0.2) is 90.8 Å². The van der Waals surface area contributed by atoms with Crippen LogP contribution in [-0.2, 0) is 16.1 Å². The molecule has 2 heterocycles. The maximum absolute atomic E-state index is 13.8. The molecule has 43 heavy (non-hydrogen) atoms. The minimum Gasteiger partial charge on any atom is -0.447 e. The van der Waals surface area contributed by atoms with Crippen molar-refractivity contribution < 1.29 is 28.0 Å². The van der Waals surface area contributed by atoms with E-state index in [2.05, 4.69) is 20.7 Å². The molecule has 0 bridgehead atoms. The zero-order valence-electron chi connectivity index (χ0n) is 24.2. The van der Waals surface area contributed by atoms with Crippen molar-refractivity contribution in [2.24, 2.45) is 0 Å². The van der Waals surface area contributed by atoms with Crippen LogP contribution in [0, 0.1) is 5.82 Å². The van der Waals surface area contributed by atoms with Crippen LogP contribution in [0.2, 0.25) is 5.02 Å². The average Bonchev–Trinajstić information content (AvgIpc) is 3.48. The maximum atomic E-state index is 13.8. The second kappa shape index (κ2) is 15.4. The zero-order chi connectivity index (χ0) is 30.8. The highest BCUT2D eigenvalue weighted by Crippen LogP contribution is 2.22. The molecule has 0 aliphatic carbocycles. The average molecular weight is 615 g/mol. The van der Waals surface area contributed by atoms with Crippen LogP contribution in [0.15, 0.2) is 59.1 Å². The van der Waals surface area contributed by atoms with E-state index in [0.29, 0.717) is 43.7 Å². The number of halogens is 2. The van der Waals surface area contributed by atoms with Crippen LogP contribution < -0.4 is 10.6 Å². The Bertz CT molecular complexity index is 1380. The van der Waals surface area contributed by atoms with Gasteiger partial charge in [-0.3, -0.25) is 10.1 Å². The molecule has 2 aromatic carbocycles. The summed E-state index contributed by atoms with van der Waals surface area (Å²) in [6.45, 7) is 2.89. The first-order chi connectivity index (χ1) is 20.7. The Kier molecular flexibility index (Phi) is 11.3. The summed E-state index contributed by atoms with van der Waals surface area (Å²) in [6, 6.07) is 14.2. The van der Waals surface area contributed by atoms with Gasteiger partial charge in [-0.05, 0) is 31.5 Å². The number of aromatic nitrogens is 1. The van der Waals surface area contributed by atoms with Crippen LogP contribution in [0.5, 0.6) is 0 Å². The number of piperazine rings is 1. The summed E-state index contributed by atoms with van der Waals surface area (Å²) in [4.78, 5) is 43.8. The minimum atomic E-state index is -0.772. The van der Waals surface area contributed by atoms with Gasteiger partial charge in [0.05, 0.1) is 11.1 Å². The number of likely N-dealkylation sites (N-methyl/N-ethyl adjacent to an activating group) is 2. The number of nitrogens with zero attached hydrogens (tertiary/aromatic N) is 4. The van der Waals surface area contributed by atoms with Gasteiger partial charge in [0.1, 0.15) is 12.4 Å². The lowest BCUT2D eigenvalue weighted by molar-refractivity contribution is -0.132. The van der Waals surface area contributed by atoms with Gasteiger partial charge >= 0.3 is 12.1 Å². The molecule has 0 radical (unpaired) electrons. The van der Waals surface area contributed by atoms with Gasteiger partial charge in [0.25, 0.3) is 0 Å². The lowest BCUT2D eigenvalue weighted by Crippen LogP contribution is -2.47. The molecular formula is C30H36ClFN6O5. The van der Waals surface area contributed by atoms with Crippen molar-refractivity contribution in [3.8, 4) is 11.3 Å². The number of hydrogen-bond donors (Lipinski definition) is 2. The second-order valence-electron chi connectivity index (χ2n) is 10.4. The smallest absolute Gasteiger partial charge is 0.412 e. The fraction of sp³-hybridized carbons (Fsp3) is 0.400. The van der Waals surface area contributed by atoms with E-state index in [9.17, 15) is 18.8 Å². The summed E-state index contributed by atoms with van der Waals surface area (Å²) >= 11 is 6.02. The number of rotatable bonds is 11. The lowest BCUT2D eigenvalue weighted by atomic mass is 10.1. The zero-order valence-corrected chi connectivity index (χ0v) is 25.0. The summed E-state index contributed by atoms with van der Waals surface area (Å²) < 4.78 is 24.6. The van der Waals surface area contributed by atoms with Gasteiger partial charge in [-0.2, -0.15) is 0 Å². The first kappa shape index (κ1) is 31.8. The number of ether oxygens (including phenoxy) is 1. The summed E-state index contributed by atoms with van der Waals surface area (Å²) in [6.07, 6.45) is 0.422. The fourth-order valence-electron chi connectivity index (χ4n) is 4.62. The van der Waals surface area contributed by atoms with E-state index in [1.165, 1.54) is 17.0 Å². The van der Waals surface area contributed by atoms with Gasteiger partial charge in [-0.25, -0.2) is 14.0 Å². The van der Waals surface area contributed by atoms with Gasteiger partial charge in [0.15, 0.2) is 11.6 Å². The van der Waals surface area contributed by atoms with Crippen molar-refractivity contribution in [1.29, 1.82) is 0 Å². The Balaban J connectivity index is 1.33. The molecule has 2 N–H and O–H groups in total. The summed E-state index contributed by atoms with van der Waals surface area (Å²) in [7, 11) is 3.59. The third-order valence-electron chi connectivity index (χ3n) is 7.32. The van der Waals surface area contributed by atoms with Crippen LogP contribution in [0.4, 0.5) is 19.8 Å². The standard InChI is InChI=1S/C30H36ClFN6O5/c1-36-14-16-38(17-15-36)27(39)13-7-11-23(37(2)29(40)33-19-22-10-6-12-24(32)28(22)31)20-42-30(41)34-26-18-25(43-35-26)21-8-4-3-5-9-21/h3-6,8-10,12,18,23H,7,11,13-17,19-20H2,1-2H3,(H,33,40)(H,34,35,41)/t23-/m0/s1. The number of anilines is 1. The third-order valence-corrected chi connectivity index (χ3v) is 7.74. The molecule has 1 aromatic heterocycles. The first-order valence-electron chi connectivity index (χ1n) is 14.1. The molecule has 1 aliphatic heterocycles. The predicted molar refractivity (Wildman–Crippen MR) is 160 cm³/mol. The number of hydrogen-bond acceptors (Lipinski definition) is 7. The van der Waals surface area contributed by atoms with Crippen molar-refractivity contribution in [2.45, 2.75) is 31.8 Å². The van der Waals surface area contributed by atoms with E-state index >= 15 is 0 Å². The number of nitrogens with one attached hydrogen (secondary N) is 2. The van der Waals surface area contributed by atoms with E-state index in [1.807, 2.05) is 42.3 Å². The largest absolute Gasteiger partial charge is 0.447 e. The number of carbonyl (C=O) groups excluding carboxylic acids is 3. The lowest BCUT2D eigenvalue weighted by Gasteiger charge is -2.33. The van der Waals surface area contributed by atoms with E-state index in [1.54, 1.807) is 19.2 Å². The molecule has 1 saturated heterocycles. The molecule has 3 aromatic rings. The van der Waals surface area contributed by atoms with Crippen LogP contribution in [0.1, 0.15) is 24.8 Å². The van der Waals surface area contributed by atoms with E-state index in [-0.39, 0.29) is 29.9 Å². The Hall–Kier alpha value is -4.16. The van der Waals surface area contributed by atoms with Crippen LogP contribution in [0.3, 0.4) is 0 Å². The number of benzene rings is 2. The van der Waals surface area contributed by atoms with E-state index < -0.39 is 24.0 Å². The Morgan fingerprint density at radius 2 is 1.86 bits per heavy atom. The topological polar surface area (TPSA) is 120 Å². The highest BCUT2D eigenvalue weighted by Gasteiger charge is 2.24. The highest BCUT2D eigenvalue weighted by molar-refractivity contribution is 6.31. The third kappa shape index (κ3) is 9.16. The Morgan fingerprint density at radius 3 is 2.60 bits per heavy atom. The molecular weight excluding hydrogens is 579 g/mol. The minimum absolute atomic E-state index is 0.00558. The fourth-order valence-corrected chi connectivity index (χ4v) is 4.82. The summed E-state index contributed by atoms with van der Waals surface area (Å²) in [5.74, 6) is 0.135. The molecule has 230 valence electrons. The van der Waals surface area contributed by atoms with E-state index in [4.69, 9.17) is 20.9 Å². The number of urea groups is 1. The molecule has 1 fully saturated rings. The van der Waals surface area contributed by atoms with Crippen LogP contribution in [0.25, 0.3) is 11.3 Å². The molecule has 13 heteroatoms. The SMILES string of the molecule is CN1CCN(C(=O)CCC[C@@H](COC(=O)Nc2cc(-c3ccccc3)on2)N(C)C(=O)NCc2cccc(F)c2Cl)CC1. The predicted octanol–water partition coefficient (Wildman–Crippen LogP) is 4.84. The highest BCUT2D eigenvalue weighted by atomic mass is 35.5. The summed E-state index contributed by atoms with van der Waals surface area (Å²) in [5, 5.41) is 9.06. The van der Waals surface area contributed by atoms with Crippen molar-refractivity contribution in [3.63, 3.8) is 0 Å². The van der Waals surface area contributed by atoms with Gasteiger partial charge in [0, 0.05) is 57.8 Å². The van der Waals surface area contributed by atoms with Gasteiger partial charge in [-0.15, -0.1) is 0 Å². The molecule has 4 amide bonds. The quantitative estimate of drug-likeness (QED) is 0.317. The molecule has 0 spiro atoms. The molecule has 0 saturated carbocycles. The monoisotopic (exact) mass is 614 g/mol. The molecule has 1 aliphatic rings. The normalized spacial score (nSPS) is 14.2. The number of amides is 4. The first-order valence-corrected chi connectivity index (χ1v) is 14.4. The Morgan fingerprint density at radius 1 is 1.12 bits per heavy atom. The van der Waals surface area contributed by atoms with Gasteiger partial charge in [-0.1, -0.05) is 59.2 Å². The van der Waals surface area contributed by atoms with Crippen molar-refractivity contribution >= 4 is 35.5 Å². The molecule has 4 rings (SSSR count). The molecule has 1 atom stereocenters. The summed E-state index contributed by atoms with van der Waals surface area (Å²) in [5.41, 5.74) is 1.23. The van der Waals surface area contributed by atoms with E-state index in [0.717, 1.165) is 18.7 Å². The van der Waals surface area contributed by atoms with Crippen molar-refractivity contribution in [1.82, 2.24) is 25.2 Å². The Labute approximate surface area is 254 Å².